The van der Waals surface area contributed by atoms with Gasteiger partial charge in [0.2, 0.25) is 0 Å². The van der Waals surface area contributed by atoms with Crippen LogP contribution in [-0.4, -0.2) is 46.3 Å². The number of carbonyl (C=O) groups is 1. The molecule has 1 heterocycles. The van der Waals surface area contributed by atoms with E-state index in [1.165, 1.54) is 6.07 Å². The molecular weight excluding hydrogens is 359 g/mol. The maximum absolute atomic E-state index is 14.0. The van der Waals surface area contributed by atoms with Gasteiger partial charge in [-0.3, -0.25) is 9.69 Å². The molecule has 1 N–H and O–H groups in total. The fourth-order valence-electron chi connectivity index (χ4n) is 2.99. The first-order chi connectivity index (χ1) is 13.5. The summed E-state index contributed by atoms with van der Waals surface area (Å²) < 4.78 is 21.0. The Morgan fingerprint density at radius 3 is 2.86 bits per heavy atom. The molecule has 1 atom stereocenters. The van der Waals surface area contributed by atoms with Crippen LogP contribution in [0.1, 0.15) is 31.0 Å². The Bertz CT molecular complexity index is 760. The highest BCUT2D eigenvalue weighted by atomic mass is 19.1. The fourth-order valence-corrected chi connectivity index (χ4v) is 2.99. The molecule has 5 nitrogen and oxygen atoms in total. The second-order valence-corrected chi connectivity index (χ2v) is 6.79. The Kier molecular flexibility index (Phi) is 8.91. The number of esters is 1. The first-order valence-corrected chi connectivity index (χ1v) is 9.57. The molecular formula is C22H29FN2O3. The monoisotopic (exact) mass is 388 g/mol. The van der Waals surface area contributed by atoms with Crippen molar-refractivity contribution in [3.63, 3.8) is 0 Å². The molecule has 152 valence electrons. The number of benzene rings is 1. The molecule has 0 fully saturated rings. The van der Waals surface area contributed by atoms with Crippen LogP contribution in [0.2, 0.25) is 0 Å². The van der Waals surface area contributed by atoms with Gasteiger partial charge < -0.3 is 14.4 Å². The van der Waals surface area contributed by atoms with Crippen molar-refractivity contribution in [1.82, 2.24) is 9.47 Å². The normalized spacial score (nSPS) is 12.1. The largest absolute Gasteiger partial charge is 0.463 e. The number of aromatic nitrogens is 1. The summed E-state index contributed by atoms with van der Waals surface area (Å²) in [6, 6.07) is 10.6. The first kappa shape index (κ1) is 21.9. The van der Waals surface area contributed by atoms with E-state index in [1.807, 2.05) is 40.8 Å². The van der Waals surface area contributed by atoms with Crippen molar-refractivity contribution in [3.8, 4) is 0 Å². The number of aliphatic hydroxyl groups is 1. The van der Waals surface area contributed by atoms with Gasteiger partial charge in [-0.1, -0.05) is 31.2 Å². The Morgan fingerprint density at radius 2 is 2.14 bits per heavy atom. The van der Waals surface area contributed by atoms with Crippen molar-refractivity contribution in [3.05, 3.63) is 72.3 Å². The minimum atomic E-state index is -0.782. The molecule has 1 aromatic heterocycles. The van der Waals surface area contributed by atoms with Crippen molar-refractivity contribution >= 4 is 5.97 Å². The van der Waals surface area contributed by atoms with Gasteiger partial charge >= 0.3 is 5.97 Å². The quantitative estimate of drug-likeness (QED) is 0.447. The SMILES string of the molecule is C=CCN(Cc1cccn1Cc1ccccc1F)CC(O)COC(=O)CCC. The molecule has 0 aliphatic rings. The zero-order valence-electron chi connectivity index (χ0n) is 16.4. The molecule has 2 rings (SSSR count). The van der Waals surface area contributed by atoms with Crippen LogP contribution in [0.25, 0.3) is 0 Å². The van der Waals surface area contributed by atoms with E-state index in [0.29, 0.717) is 38.2 Å². The summed E-state index contributed by atoms with van der Waals surface area (Å²) in [5, 5.41) is 10.2. The molecule has 0 bridgehead atoms. The van der Waals surface area contributed by atoms with Gasteiger partial charge in [0.05, 0.1) is 6.54 Å². The maximum atomic E-state index is 14.0. The topological polar surface area (TPSA) is 54.7 Å². The Balaban J connectivity index is 1.97. The molecule has 1 unspecified atom stereocenters. The summed E-state index contributed by atoms with van der Waals surface area (Å²) in [6.07, 6.45) is 3.97. The van der Waals surface area contributed by atoms with Crippen molar-refractivity contribution in [2.45, 2.75) is 39.0 Å². The van der Waals surface area contributed by atoms with E-state index in [4.69, 9.17) is 4.74 Å². The summed E-state index contributed by atoms with van der Waals surface area (Å²) in [6.45, 7) is 7.57. The van der Waals surface area contributed by atoms with E-state index in [0.717, 1.165) is 12.1 Å². The Hall–Kier alpha value is -2.44. The third-order valence-corrected chi connectivity index (χ3v) is 4.35. The number of hydrogen-bond donors (Lipinski definition) is 1. The van der Waals surface area contributed by atoms with E-state index in [-0.39, 0.29) is 18.4 Å². The van der Waals surface area contributed by atoms with Crippen LogP contribution >= 0.6 is 0 Å². The highest BCUT2D eigenvalue weighted by Crippen LogP contribution is 2.13. The molecule has 0 spiro atoms. The van der Waals surface area contributed by atoms with Gasteiger partial charge in [-0.05, 0) is 24.6 Å². The van der Waals surface area contributed by atoms with Crippen molar-refractivity contribution in [1.29, 1.82) is 0 Å². The molecule has 28 heavy (non-hydrogen) atoms. The van der Waals surface area contributed by atoms with E-state index in [2.05, 4.69) is 6.58 Å². The third kappa shape index (κ3) is 6.94. The van der Waals surface area contributed by atoms with E-state index in [9.17, 15) is 14.3 Å². The molecule has 6 heteroatoms. The van der Waals surface area contributed by atoms with Crippen LogP contribution < -0.4 is 0 Å². The highest BCUT2D eigenvalue weighted by molar-refractivity contribution is 5.69. The fraction of sp³-hybridized carbons (Fsp3) is 0.409. The van der Waals surface area contributed by atoms with Crippen LogP contribution in [0.3, 0.4) is 0 Å². The molecule has 0 amide bonds. The predicted octanol–water partition coefficient (Wildman–Crippen LogP) is 3.37. The van der Waals surface area contributed by atoms with Gasteiger partial charge in [-0.15, -0.1) is 6.58 Å². The van der Waals surface area contributed by atoms with E-state index >= 15 is 0 Å². The summed E-state index contributed by atoms with van der Waals surface area (Å²) >= 11 is 0. The zero-order chi connectivity index (χ0) is 20.4. The summed E-state index contributed by atoms with van der Waals surface area (Å²) in [5.74, 6) is -0.523. The van der Waals surface area contributed by atoms with Crippen molar-refractivity contribution in [2.24, 2.45) is 0 Å². The predicted molar refractivity (Wildman–Crippen MR) is 107 cm³/mol. The smallest absolute Gasteiger partial charge is 0.305 e. The van der Waals surface area contributed by atoms with Gasteiger partial charge in [0, 0.05) is 43.5 Å². The van der Waals surface area contributed by atoms with E-state index in [1.54, 1.807) is 18.2 Å². The third-order valence-electron chi connectivity index (χ3n) is 4.35. The number of aliphatic hydroxyl groups excluding tert-OH is 1. The standard InChI is InChI=1S/C22H29FN2O3/c1-3-8-22(27)28-17-20(26)16-24(12-4-2)15-19-10-7-13-25(19)14-18-9-5-6-11-21(18)23/h4-7,9-11,13,20,26H,2-3,8,12,14-17H2,1H3. The van der Waals surface area contributed by atoms with Gasteiger partial charge in [0.15, 0.2) is 0 Å². The summed E-state index contributed by atoms with van der Waals surface area (Å²) in [4.78, 5) is 13.5. The zero-order valence-corrected chi connectivity index (χ0v) is 16.4. The van der Waals surface area contributed by atoms with E-state index < -0.39 is 6.10 Å². The average molecular weight is 388 g/mol. The highest BCUT2D eigenvalue weighted by Gasteiger charge is 2.15. The molecule has 0 aliphatic carbocycles. The second-order valence-electron chi connectivity index (χ2n) is 6.79. The lowest BCUT2D eigenvalue weighted by molar-refractivity contribution is -0.147. The van der Waals surface area contributed by atoms with Crippen LogP contribution in [-0.2, 0) is 22.6 Å². The first-order valence-electron chi connectivity index (χ1n) is 9.57. The summed E-state index contributed by atoms with van der Waals surface area (Å²) in [5.41, 5.74) is 1.62. The summed E-state index contributed by atoms with van der Waals surface area (Å²) in [7, 11) is 0. The number of nitrogens with zero attached hydrogens (tertiary/aromatic N) is 2. The average Bonchev–Trinajstić information content (AvgIpc) is 3.09. The van der Waals surface area contributed by atoms with Crippen LogP contribution in [0, 0.1) is 5.82 Å². The Morgan fingerprint density at radius 1 is 1.36 bits per heavy atom. The lowest BCUT2D eigenvalue weighted by atomic mass is 10.2. The van der Waals surface area contributed by atoms with Crippen LogP contribution in [0.4, 0.5) is 4.39 Å². The van der Waals surface area contributed by atoms with Crippen LogP contribution in [0.15, 0.2) is 55.3 Å². The van der Waals surface area contributed by atoms with Crippen LogP contribution in [0.5, 0.6) is 0 Å². The number of rotatable bonds is 12. The molecule has 0 radical (unpaired) electrons. The number of carbonyl (C=O) groups excluding carboxylic acids is 1. The molecule has 0 aliphatic heterocycles. The van der Waals surface area contributed by atoms with Gasteiger partial charge in [0.1, 0.15) is 18.5 Å². The van der Waals surface area contributed by atoms with Gasteiger partial charge in [-0.2, -0.15) is 0 Å². The molecule has 0 saturated heterocycles. The minimum Gasteiger partial charge on any atom is -0.463 e. The lowest BCUT2D eigenvalue weighted by Gasteiger charge is -2.24. The minimum absolute atomic E-state index is 0.0251. The number of halogens is 1. The number of hydrogen-bond acceptors (Lipinski definition) is 4. The number of ether oxygens (including phenoxy) is 1. The van der Waals surface area contributed by atoms with Crippen molar-refractivity contribution in [2.75, 3.05) is 19.7 Å². The van der Waals surface area contributed by atoms with Crippen molar-refractivity contribution < 1.29 is 19.0 Å². The molecule has 2 aromatic rings. The molecule has 0 saturated carbocycles. The second kappa shape index (κ2) is 11.4. The molecule has 1 aromatic carbocycles. The lowest BCUT2D eigenvalue weighted by Crippen LogP contribution is -2.35. The van der Waals surface area contributed by atoms with Gasteiger partial charge in [0.25, 0.3) is 0 Å². The maximum Gasteiger partial charge on any atom is 0.305 e. The Labute approximate surface area is 166 Å². The van der Waals surface area contributed by atoms with Gasteiger partial charge in [-0.25, -0.2) is 4.39 Å².